The van der Waals surface area contributed by atoms with Crippen molar-refractivity contribution in [1.82, 2.24) is 5.32 Å². The average Bonchev–Trinajstić information content (AvgIpc) is 2.58. The lowest BCUT2D eigenvalue weighted by atomic mass is 9.90. The summed E-state index contributed by atoms with van der Waals surface area (Å²) in [7, 11) is 0. The molecular formula is C23H29N. The molecule has 1 aliphatic carbocycles. The molecular weight excluding hydrogens is 290 g/mol. The van der Waals surface area contributed by atoms with Crippen LogP contribution in [0.2, 0.25) is 0 Å². The van der Waals surface area contributed by atoms with Gasteiger partial charge in [-0.05, 0) is 66.9 Å². The van der Waals surface area contributed by atoms with Crippen LogP contribution in [0.15, 0.2) is 95.8 Å². The van der Waals surface area contributed by atoms with Crippen molar-refractivity contribution in [2.24, 2.45) is 0 Å². The quantitative estimate of drug-likeness (QED) is 0.604. The Morgan fingerprint density at radius 2 is 1.92 bits per heavy atom. The van der Waals surface area contributed by atoms with E-state index in [9.17, 15) is 0 Å². The first-order chi connectivity index (χ1) is 11.6. The Morgan fingerprint density at radius 3 is 2.71 bits per heavy atom. The molecule has 1 nitrogen and oxygen atoms in total. The minimum atomic E-state index is 0.835. The highest BCUT2D eigenvalue weighted by atomic mass is 14.8. The number of rotatable bonds is 5. The zero-order chi connectivity index (χ0) is 17.4. The van der Waals surface area contributed by atoms with Gasteiger partial charge in [-0.1, -0.05) is 61.8 Å². The van der Waals surface area contributed by atoms with E-state index in [0.717, 1.165) is 48.9 Å². The van der Waals surface area contributed by atoms with Crippen LogP contribution in [-0.2, 0) is 0 Å². The van der Waals surface area contributed by atoms with Gasteiger partial charge in [0.15, 0.2) is 0 Å². The van der Waals surface area contributed by atoms with Crippen molar-refractivity contribution in [3.05, 3.63) is 95.8 Å². The van der Waals surface area contributed by atoms with Gasteiger partial charge >= 0.3 is 0 Å². The summed E-state index contributed by atoms with van der Waals surface area (Å²) in [6.45, 7) is 15.8. The molecule has 0 aromatic heterocycles. The highest BCUT2D eigenvalue weighted by Gasteiger charge is 2.09. The summed E-state index contributed by atoms with van der Waals surface area (Å²) in [6.07, 6.45) is 20.2. The summed E-state index contributed by atoms with van der Waals surface area (Å²) < 4.78 is 0. The molecule has 0 saturated carbocycles. The van der Waals surface area contributed by atoms with E-state index in [1.165, 1.54) is 23.1 Å². The Hall–Kier alpha value is -2.28. The van der Waals surface area contributed by atoms with Gasteiger partial charge in [-0.25, -0.2) is 0 Å². The van der Waals surface area contributed by atoms with E-state index in [1.54, 1.807) is 0 Å². The van der Waals surface area contributed by atoms with E-state index in [2.05, 4.69) is 68.4 Å². The Morgan fingerprint density at radius 1 is 1.12 bits per heavy atom. The molecule has 1 N–H and O–H groups in total. The Kier molecular flexibility index (Phi) is 6.87. The molecule has 1 heterocycles. The second-order valence-electron chi connectivity index (χ2n) is 6.50. The third kappa shape index (κ3) is 5.42. The average molecular weight is 319 g/mol. The van der Waals surface area contributed by atoms with Crippen LogP contribution in [-0.4, -0.2) is 6.54 Å². The number of hydrogen-bond donors (Lipinski definition) is 1. The first-order valence-corrected chi connectivity index (χ1v) is 8.76. The van der Waals surface area contributed by atoms with E-state index in [1.807, 2.05) is 6.20 Å². The fourth-order valence-electron chi connectivity index (χ4n) is 2.89. The van der Waals surface area contributed by atoms with Crippen LogP contribution >= 0.6 is 0 Å². The monoisotopic (exact) mass is 319 g/mol. The molecule has 0 saturated heterocycles. The Bertz CT molecular complexity index is 662. The zero-order valence-electron chi connectivity index (χ0n) is 14.9. The Labute approximate surface area is 147 Å². The summed E-state index contributed by atoms with van der Waals surface area (Å²) in [6, 6.07) is 0. The fourth-order valence-corrected chi connectivity index (χ4v) is 2.89. The standard InChI is InChI=1S/C23H29N/c1-18-10-9-12-22(16-18)19(2)13-14-21(4)23-17-24-15-8-6-5-7-11-20(23)3/h6-8,11-12,16-17,24H,2-5,9-10,13-15H2,1H3/b8-6-,11-7?,23-17+. The molecule has 126 valence electrons. The normalized spacial score (nSPS) is 21.7. The van der Waals surface area contributed by atoms with E-state index in [0.29, 0.717) is 0 Å². The van der Waals surface area contributed by atoms with Crippen molar-refractivity contribution in [3.8, 4) is 0 Å². The van der Waals surface area contributed by atoms with Gasteiger partial charge in [0.25, 0.3) is 0 Å². The molecule has 0 unspecified atom stereocenters. The maximum absolute atomic E-state index is 4.29. The highest BCUT2D eigenvalue weighted by molar-refractivity contribution is 5.50. The summed E-state index contributed by atoms with van der Waals surface area (Å²) >= 11 is 0. The summed E-state index contributed by atoms with van der Waals surface area (Å²) in [4.78, 5) is 0. The molecule has 1 heteroatoms. The Balaban J connectivity index is 1.98. The molecule has 0 atom stereocenters. The van der Waals surface area contributed by atoms with Crippen molar-refractivity contribution in [2.45, 2.75) is 39.0 Å². The lowest BCUT2D eigenvalue weighted by molar-refractivity contribution is 0.908. The van der Waals surface area contributed by atoms with Crippen molar-refractivity contribution in [3.63, 3.8) is 0 Å². The van der Waals surface area contributed by atoms with Crippen LogP contribution in [0.1, 0.15) is 39.0 Å². The SMILES string of the molecule is C=C(CCC(=C)/C1=C/NC/C=C\CC=CC1=C)C1=CCCC(C)=C1. The fraction of sp³-hybridized carbons (Fsp3) is 0.304. The van der Waals surface area contributed by atoms with Gasteiger partial charge in [-0.2, -0.15) is 0 Å². The molecule has 0 amide bonds. The van der Waals surface area contributed by atoms with Gasteiger partial charge in [-0.15, -0.1) is 0 Å². The number of nitrogens with one attached hydrogen (secondary N) is 1. The maximum atomic E-state index is 4.29. The van der Waals surface area contributed by atoms with Gasteiger partial charge in [0, 0.05) is 12.7 Å². The lowest BCUT2D eigenvalue weighted by Gasteiger charge is -2.16. The van der Waals surface area contributed by atoms with Crippen LogP contribution in [0.25, 0.3) is 0 Å². The highest BCUT2D eigenvalue weighted by Crippen LogP contribution is 2.28. The molecule has 2 rings (SSSR count). The number of allylic oxidation sites excluding steroid dienone is 11. The van der Waals surface area contributed by atoms with Gasteiger partial charge in [0.2, 0.25) is 0 Å². The molecule has 0 bridgehead atoms. The number of hydrogen-bond acceptors (Lipinski definition) is 1. The van der Waals surface area contributed by atoms with Gasteiger partial charge in [0.1, 0.15) is 0 Å². The van der Waals surface area contributed by atoms with Crippen molar-refractivity contribution in [2.75, 3.05) is 6.54 Å². The van der Waals surface area contributed by atoms with Gasteiger partial charge in [-0.3, -0.25) is 0 Å². The van der Waals surface area contributed by atoms with Crippen molar-refractivity contribution in [1.29, 1.82) is 0 Å². The second kappa shape index (κ2) is 9.12. The third-order valence-corrected chi connectivity index (χ3v) is 4.41. The van der Waals surface area contributed by atoms with Crippen LogP contribution < -0.4 is 5.32 Å². The molecule has 24 heavy (non-hydrogen) atoms. The smallest absolute Gasteiger partial charge is 0.0325 e. The summed E-state index contributed by atoms with van der Waals surface area (Å²) in [5.41, 5.74) is 7.18. The summed E-state index contributed by atoms with van der Waals surface area (Å²) in [5, 5.41) is 3.33. The second-order valence-corrected chi connectivity index (χ2v) is 6.50. The predicted molar refractivity (Wildman–Crippen MR) is 107 cm³/mol. The third-order valence-electron chi connectivity index (χ3n) is 4.41. The molecule has 0 fully saturated rings. The van der Waals surface area contributed by atoms with Crippen LogP contribution in [0, 0.1) is 0 Å². The largest absolute Gasteiger partial charge is 0.387 e. The maximum Gasteiger partial charge on any atom is 0.0325 e. The van der Waals surface area contributed by atoms with E-state index >= 15 is 0 Å². The molecule has 0 aromatic carbocycles. The topological polar surface area (TPSA) is 12.0 Å². The minimum Gasteiger partial charge on any atom is -0.387 e. The van der Waals surface area contributed by atoms with E-state index in [-0.39, 0.29) is 0 Å². The molecule has 0 radical (unpaired) electrons. The summed E-state index contributed by atoms with van der Waals surface area (Å²) in [5.74, 6) is 0. The first kappa shape index (κ1) is 18.1. The first-order valence-electron chi connectivity index (χ1n) is 8.76. The van der Waals surface area contributed by atoms with E-state index in [4.69, 9.17) is 0 Å². The van der Waals surface area contributed by atoms with Crippen LogP contribution in [0.5, 0.6) is 0 Å². The van der Waals surface area contributed by atoms with Crippen LogP contribution in [0.4, 0.5) is 0 Å². The lowest BCUT2D eigenvalue weighted by Crippen LogP contribution is -2.08. The van der Waals surface area contributed by atoms with Gasteiger partial charge in [0.05, 0.1) is 0 Å². The van der Waals surface area contributed by atoms with E-state index < -0.39 is 0 Å². The zero-order valence-corrected chi connectivity index (χ0v) is 14.9. The predicted octanol–water partition coefficient (Wildman–Crippen LogP) is 6.09. The molecule has 1 aliphatic heterocycles. The van der Waals surface area contributed by atoms with Crippen molar-refractivity contribution >= 4 is 0 Å². The molecule has 2 aliphatic rings. The van der Waals surface area contributed by atoms with Crippen LogP contribution in [0.3, 0.4) is 0 Å². The molecule has 0 spiro atoms. The minimum absolute atomic E-state index is 0.835. The molecule has 0 aromatic rings. The van der Waals surface area contributed by atoms with Gasteiger partial charge < -0.3 is 5.32 Å². The van der Waals surface area contributed by atoms with Crippen molar-refractivity contribution < 1.29 is 0 Å².